The number of carboxylic acids is 1. The van der Waals surface area contributed by atoms with Crippen LogP contribution in [0, 0.1) is 6.92 Å². The molecule has 0 aliphatic rings. The first-order chi connectivity index (χ1) is 5.52. The Morgan fingerprint density at radius 3 is 2.58 bits per heavy atom. The van der Waals surface area contributed by atoms with Gasteiger partial charge in [-0.1, -0.05) is 27.5 Å². The average molecular weight is 249 g/mol. The van der Waals surface area contributed by atoms with Crippen molar-refractivity contribution >= 4 is 33.5 Å². The number of rotatable bonds is 1. The quantitative estimate of drug-likeness (QED) is 0.830. The molecule has 0 bridgehead atoms. The van der Waals surface area contributed by atoms with Crippen molar-refractivity contribution in [2.45, 2.75) is 6.92 Å². The summed E-state index contributed by atoms with van der Waals surface area (Å²) in [5.41, 5.74) is 1.04. The van der Waals surface area contributed by atoms with Crippen molar-refractivity contribution in [2.75, 3.05) is 0 Å². The standard InChI is InChI=1S/C8H6BrClO2/c1-4-6(9)2-5(8(11)12)3-7(4)10/h2-3H,1H3,(H,11,12). The van der Waals surface area contributed by atoms with Gasteiger partial charge in [-0.3, -0.25) is 0 Å². The maximum absolute atomic E-state index is 10.5. The lowest BCUT2D eigenvalue weighted by Gasteiger charge is -2.02. The minimum atomic E-state index is -0.974. The summed E-state index contributed by atoms with van der Waals surface area (Å²) in [6, 6.07) is 2.97. The molecule has 1 aromatic rings. The number of carboxylic acid groups (broad SMARTS) is 1. The van der Waals surface area contributed by atoms with E-state index in [1.54, 1.807) is 0 Å². The van der Waals surface area contributed by atoms with Gasteiger partial charge in [-0.05, 0) is 24.6 Å². The van der Waals surface area contributed by atoms with Gasteiger partial charge in [0.1, 0.15) is 0 Å². The Morgan fingerprint density at radius 1 is 1.58 bits per heavy atom. The van der Waals surface area contributed by atoms with Crippen molar-refractivity contribution in [2.24, 2.45) is 0 Å². The molecular weight excluding hydrogens is 243 g/mol. The summed E-state index contributed by atoms with van der Waals surface area (Å²) >= 11 is 8.99. The third-order valence-corrected chi connectivity index (χ3v) is 2.74. The summed E-state index contributed by atoms with van der Waals surface area (Å²) in [5, 5.41) is 9.11. The molecule has 0 aromatic heterocycles. The van der Waals surface area contributed by atoms with Gasteiger partial charge in [0.2, 0.25) is 0 Å². The molecule has 0 saturated heterocycles. The largest absolute Gasteiger partial charge is 0.478 e. The van der Waals surface area contributed by atoms with E-state index in [4.69, 9.17) is 16.7 Å². The second-order valence-electron chi connectivity index (χ2n) is 2.37. The zero-order chi connectivity index (χ0) is 9.30. The minimum absolute atomic E-state index is 0.192. The Balaban J connectivity index is 3.31. The fraction of sp³-hybridized carbons (Fsp3) is 0.125. The van der Waals surface area contributed by atoms with E-state index in [0.29, 0.717) is 9.50 Å². The van der Waals surface area contributed by atoms with E-state index in [9.17, 15) is 4.79 Å². The van der Waals surface area contributed by atoms with Crippen molar-refractivity contribution in [3.8, 4) is 0 Å². The van der Waals surface area contributed by atoms with E-state index >= 15 is 0 Å². The molecule has 0 fully saturated rings. The van der Waals surface area contributed by atoms with E-state index in [1.807, 2.05) is 6.92 Å². The van der Waals surface area contributed by atoms with Gasteiger partial charge in [-0.25, -0.2) is 4.79 Å². The summed E-state index contributed by atoms with van der Waals surface area (Å²) in [4.78, 5) is 10.5. The minimum Gasteiger partial charge on any atom is -0.478 e. The van der Waals surface area contributed by atoms with Crippen molar-refractivity contribution in [1.29, 1.82) is 0 Å². The third-order valence-electron chi connectivity index (χ3n) is 1.53. The molecule has 0 saturated carbocycles. The van der Waals surface area contributed by atoms with Crippen LogP contribution in [0.2, 0.25) is 5.02 Å². The Hall–Kier alpha value is -0.540. The van der Waals surface area contributed by atoms with E-state index in [1.165, 1.54) is 12.1 Å². The normalized spacial score (nSPS) is 9.92. The molecule has 64 valence electrons. The molecule has 0 unspecified atom stereocenters. The molecule has 0 spiro atoms. The van der Waals surface area contributed by atoms with Crippen molar-refractivity contribution in [3.63, 3.8) is 0 Å². The molecule has 1 N–H and O–H groups in total. The molecule has 2 nitrogen and oxygen atoms in total. The first kappa shape index (κ1) is 9.55. The van der Waals surface area contributed by atoms with Crippen LogP contribution in [0.5, 0.6) is 0 Å². The van der Waals surface area contributed by atoms with Gasteiger partial charge in [0.05, 0.1) is 5.56 Å². The number of hydrogen-bond donors (Lipinski definition) is 1. The highest BCUT2D eigenvalue weighted by molar-refractivity contribution is 9.10. The highest BCUT2D eigenvalue weighted by Crippen LogP contribution is 2.25. The summed E-state index contributed by atoms with van der Waals surface area (Å²) < 4.78 is 0.715. The van der Waals surface area contributed by atoms with Gasteiger partial charge in [-0.15, -0.1) is 0 Å². The number of halogens is 2. The maximum atomic E-state index is 10.5. The summed E-state index contributed by atoms with van der Waals surface area (Å²) in [7, 11) is 0. The lowest BCUT2D eigenvalue weighted by molar-refractivity contribution is 0.0697. The van der Waals surface area contributed by atoms with Crippen LogP contribution in [0.3, 0.4) is 0 Å². The predicted octanol–water partition coefficient (Wildman–Crippen LogP) is 3.11. The molecule has 0 aliphatic heterocycles. The molecule has 0 aliphatic carbocycles. The van der Waals surface area contributed by atoms with Crippen LogP contribution in [0.25, 0.3) is 0 Å². The second-order valence-corrected chi connectivity index (χ2v) is 3.63. The van der Waals surface area contributed by atoms with Crippen LogP contribution in [0.15, 0.2) is 16.6 Å². The highest BCUT2D eigenvalue weighted by Gasteiger charge is 2.07. The summed E-state index contributed by atoms with van der Waals surface area (Å²) in [6.45, 7) is 1.82. The average Bonchev–Trinajstić information content (AvgIpc) is 1.99. The molecular formula is C8H6BrClO2. The van der Waals surface area contributed by atoms with Gasteiger partial charge < -0.3 is 5.11 Å². The molecule has 0 atom stereocenters. The van der Waals surface area contributed by atoms with Crippen LogP contribution in [0.1, 0.15) is 15.9 Å². The van der Waals surface area contributed by atoms with E-state index in [-0.39, 0.29) is 5.56 Å². The van der Waals surface area contributed by atoms with Crippen LogP contribution in [0.4, 0.5) is 0 Å². The first-order valence-corrected chi connectivity index (χ1v) is 4.38. The molecule has 0 radical (unpaired) electrons. The molecule has 0 amide bonds. The predicted molar refractivity (Wildman–Crippen MR) is 50.8 cm³/mol. The highest BCUT2D eigenvalue weighted by atomic mass is 79.9. The molecule has 0 heterocycles. The van der Waals surface area contributed by atoms with E-state index in [2.05, 4.69) is 15.9 Å². The topological polar surface area (TPSA) is 37.3 Å². The third kappa shape index (κ3) is 1.79. The maximum Gasteiger partial charge on any atom is 0.335 e. The van der Waals surface area contributed by atoms with Crippen LogP contribution in [-0.4, -0.2) is 11.1 Å². The van der Waals surface area contributed by atoms with E-state index < -0.39 is 5.97 Å². The van der Waals surface area contributed by atoms with Gasteiger partial charge in [0.25, 0.3) is 0 Å². The Bertz CT molecular complexity index is 313. The number of hydrogen-bond acceptors (Lipinski definition) is 1. The molecule has 1 aromatic carbocycles. The van der Waals surface area contributed by atoms with Crippen molar-refractivity contribution in [3.05, 3.63) is 32.8 Å². The fourth-order valence-corrected chi connectivity index (χ4v) is 1.56. The zero-order valence-corrected chi connectivity index (χ0v) is 8.61. The van der Waals surface area contributed by atoms with Crippen molar-refractivity contribution in [1.82, 2.24) is 0 Å². The SMILES string of the molecule is Cc1c(Cl)cc(C(=O)O)cc1Br. The van der Waals surface area contributed by atoms with Crippen LogP contribution < -0.4 is 0 Å². The zero-order valence-electron chi connectivity index (χ0n) is 6.27. The lowest BCUT2D eigenvalue weighted by atomic mass is 10.1. The number of carbonyl (C=O) groups is 1. The number of benzene rings is 1. The van der Waals surface area contributed by atoms with Gasteiger partial charge >= 0.3 is 5.97 Å². The monoisotopic (exact) mass is 248 g/mol. The van der Waals surface area contributed by atoms with Crippen LogP contribution >= 0.6 is 27.5 Å². The summed E-state index contributed by atoms with van der Waals surface area (Å²) in [5.74, 6) is -0.974. The Morgan fingerprint density at radius 2 is 2.17 bits per heavy atom. The van der Waals surface area contributed by atoms with Gasteiger partial charge in [0, 0.05) is 9.50 Å². The van der Waals surface area contributed by atoms with Crippen molar-refractivity contribution < 1.29 is 9.90 Å². The van der Waals surface area contributed by atoms with Gasteiger partial charge in [-0.2, -0.15) is 0 Å². The Kier molecular flexibility index (Phi) is 2.75. The Labute approximate surface area is 83.3 Å². The second kappa shape index (κ2) is 3.46. The molecule has 4 heteroatoms. The number of aromatic carboxylic acids is 1. The lowest BCUT2D eigenvalue weighted by Crippen LogP contribution is -1.96. The summed E-state index contributed by atoms with van der Waals surface area (Å²) in [6.07, 6.45) is 0. The van der Waals surface area contributed by atoms with Crippen LogP contribution in [-0.2, 0) is 0 Å². The molecule has 12 heavy (non-hydrogen) atoms. The van der Waals surface area contributed by atoms with E-state index in [0.717, 1.165) is 5.56 Å². The smallest absolute Gasteiger partial charge is 0.335 e. The fourth-order valence-electron chi connectivity index (χ4n) is 0.769. The molecule has 1 rings (SSSR count). The first-order valence-electron chi connectivity index (χ1n) is 3.21. The van der Waals surface area contributed by atoms with Gasteiger partial charge in [0.15, 0.2) is 0 Å².